The molecule has 0 saturated carbocycles. The number of amides is 1. The fraction of sp³-hybridized carbons (Fsp3) is 0.0526. The van der Waals surface area contributed by atoms with Gasteiger partial charge in [-0.15, -0.1) is 0 Å². The first kappa shape index (κ1) is 16.9. The van der Waals surface area contributed by atoms with Gasteiger partial charge < -0.3 is 10.1 Å². The summed E-state index contributed by atoms with van der Waals surface area (Å²) >= 11 is 1.95. The van der Waals surface area contributed by atoms with Gasteiger partial charge in [0.25, 0.3) is 5.91 Å². The second-order valence-corrected chi connectivity index (χ2v) is 7.05. The first-order valence-corrected chi connectivity index (χ1v) is 8.76. The van der Waals surface area contributed by atoms with Crippen molar-refractivity contribution in [3.05, 3.63) is 73.9 Å². The predicted molar refractivity (Wildman–Crippen MR) is 102 cm³/mol. The maximum Gasteiger partial charge on any atom is 0.280 e. The number of nitrogens with one attached hydrogen (secondary N) is 1. The molecule has 7 heteroatoms. The molecular weight excluding hydrogens is 453 g/mol. The summed E-state index contributed by atoms with van der Waals surface area (Å²) in [6.45, 7) is 1.69. The Morgan fingerprint density at radius 3 is 2.31 bits per heavy atom. The number of aromatic amines is 1. The smallest absolute Gasteiger partial charge is 0.280 e. The molecule has 2 N–H and O–H groups in total. The monoisotopic (exact) mass is 464 g/mol. The van der Waals surface area contributed by atoms with Crippen LogP contribution in [-0.2, 0) is 0 Å². The number of benzene rings is 2. The van der Waals surface area contributed by atoms with Crippen LogP contribution in [0.4, 0.5) is 8.78 Å². The van der Waals surface area contributed by atoms with Crippen molar-refractivity contribution in [1.29, 1.82) is 0 Å². The van der Waals surface area contributed by atoms with Gasteiger partial charge in [-0.05, 0) is 53.3 Å². The second kappa shape index (κ2) is 6.01. The van der Waals surface area contributed by atoms with Crippen LogP contribution in [0.15, 0.2) is 41.4 Å². The highest BCUT2D eigenvalue weighted by Crippen LogP contribution is 2.40. The van der Waals surface area contributed by atoms with E-state index in [4.69, 9.17) is 0 Å². The highest BCUT2D eigenvalue weighted by Gasteiger charge is 2.36. The molecule has 0 aliphatic carbocycles. The number of aryl methyl sites for hydroxylation is 1. The molecule has 130 valence electrons. The summed E-state index contributed by atoms with van der Waals surface area (Å²) < 4.78 is 29.3. The van der Waals surface area contributed by atoms with Gasteiger partial charge in [0.15, 0.2) is 5.88 Å². The number of carbonyl (C=O) groups excluding carboxylic acids is 1. The Balaban J connectivity index is 1.99. The minimum Gasteiger partial charge on any atom is -0.494 e. The van der Waals surface area contributed by atoms with Crippen LogP contribution in [0, 0.1) is 22.1 Å². The number of hydrogen-bond acceptors (Lipinski definition) is 2. The van der Waals surface area contributed by atoms with Crippen molar-refractivity contribution in [3.8, 4) is 17.1 Å². The van der Waals surface area contributed by atoms with Crippen molar-refractivity contribution in [2.75, 3.05) is 0 Å². The summed E-state index contributed by atoms with van der Waals surface area (Å²) in [4.78, 5) is 19.2. The van der Waals surface area contributed by atoms with E-state index in [1.54, 1.807) is 31.2 Å². The molecule has 0 bridgehead atoms. The average Bonchev–Trinajstić information content (AvgIpc) is 3.07. The molecule has 4 rings (SSSR count). The van der Waals surface area contributed by atoms with Crippen LogP contribution < -0.4 is 0 Å². The summed E-state index contributed by atoms with van der Waals surface area (Å²) in [5.41, 5.74) is 1.21. The van der Waals surface area contributed by atoms with E-state index < -0.39 is 17.5 Å². The third-order valence-electron chi connectivity index (χ3n) is 4.32. The van der Waals surface area contributed by atoms with Crippen molar-refractivity contribution >= 4 is 34.2 Å². The molecule has 1 aliphatic heterocycles. The summed E-state index contributed by atoms with van der Waals surface area (Å²) in [6.07, 6.45) is 0. The van der Waals surface area contributed by atoms with Crippen LogP contribution in [0.3, 0.4) is 0 Å². The lowest BCUT2D eigenvalue weighted by atomic mass is 9.97. The number of fused-ring (bicyclic) bond motifs is 1. The Labute approximate surface area is 160 Å². The number of aromatic hydroxyl groups is 1. The Morgan fingerprint density at radius 1 is 1.00 bits per heavy atom. The van der Waals surface area contributed by atoms with Crippen LogP contribution in [-0.4, -0.2) is 21.7 Å². The van der Waals surface area contributed by atoms with Crippen LogP contribution in [0.2, 0.25) is 0 Å². The highest BCUT2D eigenvalue weighted by molar-refractivity contribution is 14.1. The molecule has 1 aromatic heterocycles. The summed E-state index contributed by atoms with van der Waals surface area (Å²) in [7, 11) is 0. The maximum absolute atomic E-state index is 14.4. The van der Waals surface area contributed by atoms with Crippen molar-refractivity contribution < 1.29 is 18.7 Å². The normalized spacial score (nSPS) is 13.1. The number of aliphatic imine (C=N–C) groups is 1. The third-order valence-corrected chi connectivity index (χ3v) is 5.21. The molecule has 0 saturated heterocycles. The van der Waals surface area contributed by atoms with Gasteiger partial charge in [0, 0.05) is 14.7 Å². The standard InChI is InChI=1S/C19H11F2IN2O2/c1-8-4-2-5-9(20)12(8)16-14-15(19(26)23-16)17(24-18(14)25)13-10(21)6-3-7-11(13)22/h2-7,24-25H,1H3. The number of rotatable bonds is 2. The van der Waals surface area contributed by atoms with Crippen molar-refractivity contribution in [1.82, 2.24) is 4.98 Å². The molecule has 0 fully saturated rings. The first-order chi connectivity index (χ1) is 12.4. The third kappa shape index (κ3) is 2.38. The molecule has 1 aliphatic rings. The number of halogens is 3. The fourth-order valence-electron chi connectivity index (χ4n) is 3.18. The number of aromatic nitrogens is 1. The Morgan fingerprint density at radius 2 is 1.65 bits per heavy atom. The molecular formula is C19H11F2IN2O2. The highest BCUT2D eigenvalue weighted by atomic mass is 127. The lowest BCUT2D eigenvalue weighted by Gasteiger charge is -2.07. The van der Waals surface area contributed by atoms with Gasteiger partial charge in [-0.2, -0.15) is 0 Å². The van der Waals surface area contributed by atoms with E-state index in [0.717, 1.165) is 0 Å². The largest absolute Gasteiger partial charge is 0.494 e. The van der Waals surface area contributed by atoms with E-state index in [1.807, 2.05) is 22.6 Å². The molecule has 1 amide bonds. The van der Waals surface area contributed by atoms with Crippen LogP contribution in [0.1, 0.15) is 27.0 Å². The molecule has 2 heterocycles. The number of hydrogen-bond donors (Lipinski definition) is 2. The van der Waals surface area contributed by atoms with E-state index in [2.05, 4.69) is 9.98 Å². The number of H-pyrrole nitrogens is 1. The Bertz CT molecular complexity index is 1080. The van der Waals surface area contributed by atoms with Gasteiger partial charge in [-0.25, -0.2) is 13.8 Å². The first-order valence-electron chi connectivity index (χ1n) is 7.68. The second-order valence-electron chi connectivity index (χ2n) is 5.89. The van der Waals surface area contributed by atoms with Gasteiger partial charge in [-0.1, -0.05) is 18.2 Å². The molecule has 26 heavy (non-hydrogen) atoms. The van der Waals surface area contributed by atoms with Gasteiger partial charge >= 0.3 is 0 Å². The van der Waals surface area contributed by atoms with Gasteiger partial charge in [0.05, 0.1) is 22.5 Å². The minimum atomic E-state index is -0.650. The Hall–Kier alpha value is -2.55. The average molecular weight is 464 g/mol. The van der Waals surface area contributed by atoms with Crippen molar-refractivity contribution in [2.24, 2.45) is 4.99 Å². The molecule has 4 nitrogen and oxygen atoms in total. The molecule has 0 radical (unpaired) electrons. The van der Waals surface area contributed by atoms with Crippen LogP contribution in [0.25, 0.3) is 11.3 Å². The lowest BCUT2D eigenvalue weighted by molar-refractivity contribution is 0.101. The van der Waals surface area contributed by atoms with Gasteiger partial charge in [-0.3, -0.25) is 4.79 Å². The van der Waals surface area contributed by atoms with Gasteiger partial charge in [0.1, 0.15) is 11.6 Å². The number of nitrogens with zero attached hydrogens (tertiary/aromatic N) is 1. The van der Waals surface area contributed by atoms with E-state index in [-0.39, 0.29) is 39.5 Å². The van der Waals surface area contributed by atoms with Crippen molar-refractivity contribution in [3.63, 3.8) is 0 Å². The predicted octanol–water partition coefficient (Wildman–Crippen LogP) is 4.57. The Kier molecular flexibility index (Phi) is 3.91. The molecule has 3 aromatic rings. The quantitative estimate of drug-likeness (QED) is 0.546. The molecule has 0 atom stereocenters. The van der Waals surface area contributed by atoms with Crippen molar-refractivity contribution in [2.45, 2.75) is 6.92 Å². The molecule has 0 unspecified atom stereocenters. The summed E-state index contributed by atoms with van der Waals surface area (Å²) in [5, 5.41) is 10.4. The zero-order chi connectivity index (χ0) is 18.6. The van der Waals surface area contributed by atoms with E-state index in [0.29, 0.717) is 9.13 Å². The zero-order valence-electron chi connectivity index (χ0n) is 13.4. The minimum absolute atomic E-state index is 0.0446. The zero-order valence-corrected chi connectivity index (χ0v) is 15.6. The maximum atomic E-state index is 14.4. The molecule has 2 aromatic carbocycles. The van der Waals surface area contributed by atoms with Crippen LogP contribution in [0.5, 0.6) is 5.88 Å². The topological polar surface area (TPSA) is 65.5 Å². The van der Waals surface area contributed by atoms with Gasteiger partial charge in [0.2, 0.25) is 0 Å². The number of carbonyl (C=O) groups is 1. The fourth-order valence-corrected chi connectivity index (χ4v) is 3.92. The molecule has 0 spiro atoms. The summed E-state index contributed by atoms with van der Waals surface area (Å²) in [5.74, 6) is -2.08. The van der Waals surface area contributed by atoms with E-state index >= 15 is 0 Å². The lowest BCUT2D eigenvalue weighted by Crippen LogP contribution is -2.06. The van der Waals surface area contributed by atoms with E-state index in [9.17, 15) is 18.7 Å². The SMILES string of the molecule is Cc1cccc(F)c1C1=NC(=O)c2c(-c3c(F)cccc3I)[nH]c(O)c21. The van der Waals surface area contributed by atoms with Crippen LogP contribution >= 0.6 is 22.6 Å². The summed E-state index contributed by atoms with van der Waals surface area (Å²) in [6, 6.07) is 9.01. The van der Waals surface area contributed by atoms with E-state index in [1.165, 1.54) is 12.1 Å².